The molecule has 2 N–H and O–H groups in total. The number of hydrogen-bond acceptors (Lipinski definition) is 4. The predicted octanol–water partition coefficient (Wildman–Crippen LogP) is 4.60. The second kappa shape index (κ2) is 8.44. The minimum absolute atomic E-state index is 0.263. The first-order chi connectivity index (χ1) is 13.9. The van der Waals surface area contributed by atoms with E-state index in [0.717, 1.165) is 22.4 Å². The molecule has 0 aliphatic heterocycles. The van der Waals surface area contributed by atoms with Crippen LogP contribution in [0.5, 0.6) is 0 Å². The fourth-order valence-corrected chi connectivity index (χ4v) is 3.25. The molecule has 6 heteroatoms. The van der Waals surface area contributed by atoms with E-state index < -0.39 is 0 Å². The number of nitrogens with zero attached hydrogens (tertiary/aromatic N) is 1. The molecule has 29 heavy (non-hydrogen) atoms. The first-order valence-electron chi connectivity index (χ1n) is 9.22. The van der Waals surface area contributed by atoms with Gasteiger partial charge in [-0.25, -0.2) is 4.79 Å². The van der Waals surface area contributed by atoms with Crippen LogP contribution in [0.4, 0.5) is 5.69 Å². The van der Waals surface area contributed by atoms with Crippen molar-refractivity contribution in [3.8, 4) is 17.2 Å². The van der Waals surface area contributed by atoms with Gasteiger partial charge in [0.05, 0.1) is 18.2 Å². The predicted molar refractivity (Wildman–Crippen MR) is 111 cm³/mol. The van der Waals surface area contributed by atoms with Gasteiger partial charge in [-0.3, -0.25) is 4.79 Å². The van der Waals surface area contributed by atoms with Crippen LogP contribution < -0.4 is 5.32 Å². The van der Waals surface area contributed by atoms with Crippen molar-refractivity contribution in [3.63, 3.8) is 0 Å². The molecule has 0 bridgehead atoms. The lowest BCUT2D eigenvalue weighted by Crippen LogP contribution is -2.11. The molecule has 0 radical (unpaired) electrons. The number of hydrogen-bond donors (Lipinski definition) is 2. The van der Waals surface area contributed by atoms with E-state index in [0.29, 0.717) is 29.1 Å². The van der Waals surface area contributed by atoms with E-state index in [1.165, 1.54) is 0 Å². The van der Waals surface area contributed by atoms with Crippen molar-refractivity contribution in [2.75, 3.05) is 11.9 Å². The Morgan fingerprint density at radius 2 is 1.86 bits per heavy atom. The molecule has 0 spiro atoms. The fourth-order valence-electron chi connectivity index (χ4n) is 3.25. The number of aromatic amines is 1. The normalized spacial score (nSPS) is 10.3. The van der Waals surface area contributed by atoms with Gasteiger partial charge >= 0.3 is 5.97 Å². The van der Waals surface area contributed by atoms with E-state index in [4.69, 9.17) is 10.00 Å². The summed E-state index contributed by atoms with van der Waals surface area (Å²) in [5.41, 5.74) is 5.47. The van der Waals surface area contributed by atoms with Crippen LogP contribution >= 0.6 is 0 Å². The third kappa shape index (κ3) is 4.19. The molecule has 0 fully saturated rings. The zero-order valence-electron chi connectivity index (χ0n) is 16.5. The van der Waals surface area contributed by atoms with Crippen LogP contribution in [0.3, 0.4) is 0 Å². The molecule has 3 aromatic rings. The number of carbonyl (C=O) groups excluding carboxylic acids is 2. The Labute approximate surface area is 169 Å². The number of aryl methyl sites for hydroxylation is 1. The maximum absolute atomic E-state index is 12.5. The third-order valence-electron chi connectivity index (χ3n) is 4.60. The lowest BCUT2D eigenvalue weighted by atomic mass is 10.00. The number of nitriles is 1. The van der Waals surface area contributed by atoms with Crippen LogP contribution in [-0.2, 0) is 4.74 Å². The number of ether oxygens (including phenoxy) is 1. The minimum atomic E-state index is -0.380. The quantitative estimate of drug-likeness (QED) is 0.626. The number of anilines is 1. The van der Waals surface area contributed by atoms with Gasteiger partial charge in [0.25, 0.3) is 5.91 Å². The molecule has 1 amide bonds. The van der Waals surface area contributed by atoms with Crippen molar-refractivity contribution >= 4 is 17.6 Å². The first kappa shape index (κ1) is 19.9. The van der Waals surface area contributed by atoms with Gasteiger partial charge in [-0.05, 0) is 62.2 Å². The Bertz CT molecular complexity index is 1110. The van der Waals surface area contributed by atoms with Crippen LogP contribution in [0.25, 0.3) is 11.1 Å². The van der Waals surface area contributed by atoms with Crippen molar-refractivity contribution < 1.29 is 14.3 Å². The highest BCUT2D eigenvalue weighted by Crippen LogP contribution is 2.30. The zero-order valence-corrected chi connectivity index (χ0v) is 16.5. The minimum Gasteiger partial charge on any atom is -0.461 e. The molecule has 6 nitrogen and oxygen atoms in total. The second-order valence-corrected chi connectivity index (χ2v) is 6.57. The average Bonchev–Trinajstić information content (AvgIpc) is 3.02. The maximum atomic E-state index is 12.5. The largest absolute Gasteiger partial charge is 0.461 e. The Morgan fingerprint density at radius 3 is 2.52 bits per heavy atom. The summed E-state index contributed by atoms with van der Waals surface area (Å²) in [6, 6.07) is 15.9. The monoisotopic (exact) mass is 387 g/mol. The molecule has 146 valence electrons. The smallest absolute Gasteiger partial charge is 0.355 e. The summed E-state index contributed by atoms with van der Waals surface area (Å²) >= 11 is 0. The lowest BCUT2D eigenvalue weighted by Gasteiger charge is -2.08. The Kier molecular flexibility index (Phi) is 5.79. The molecule has 0 aliphatic carbocycles. The van der Waals surface area contributed by atoms with Crippen molar-refractivity contribution in [2.45, 2.75) is 20.8 Å². The van der Waals surface area contributed by atoms with Crippen LogP contribution in [0.1, 0.15) is 44.6 Å². The Balaban J connectivity index is 1.82. The molecule has 2 aromatic carbocycles. The van der Waals surface area contributed by atoms with Crippen LogP contribution in [-0.4, -0.2) is 23.5 Å². The van der Waals surface area contributed by atoms with E-state index in [1.54, 1.807) is 43.3 Å². The Morgan fingerprint density at radius 1 is 1.14 bits per heavy atom. The van der Waals surface area contributed by atoms with Gasteiger partial charge in [0.2, 0.25) is 0 Å². The van der Waals surface area contributed by atoms with E-state index in [-0.39, 0.29) is 11.9 Å². The molecule has 0 saturated heterocycles. The molecule has 0 atom stereocenters. The van der Waals surface area contributed by atoms with E-state index in [1.807, 2.05) is 32.0 Å². The third-order valence-corrected chi connectivity index (χ3v) is 4.60. The van der Waals surface area contributed by atoms with E-state index in [2.05, 4.69) is 10.3 Å². The number of aromatic nitrogens is 1. The van der Waals surface area contributed by atoms with Crippen LogP contribution in [0, 0.1) is 25.2 Å². The van der Waals surface area contributed by atoms with Crippen molar-refractivity contribution in [2.24, 2.45) is 0 Å². The van der Waals surface area contributed by atoms with Gasteiger partial charge in [-0.2, -0.15) is 5.26 Å². The van der Waals surface area contributed by atoms with E-state index in [9.17, 15) is 9.59 Å². The Hall–Kier alpha value is -3.85. The molecule has 0 aliphatic rings. The molecule has 3 rings (SSSR count). The lowest BCUT2D eigenvalue weighted by molar-refractivity contribution is 0.0519. The molecule has 0 unspecified atom stereocenters. The summed E-state index contributed by atoms with van der Waals surface area (Å²) < 4.78 is 5.09. The average molecular weight is 387 g/mol. The zero-order chi connectivity index (χ0) is 21.0. The van der Waals surface area contributed by atoms with Gasteiger partial charge in [-0.1, -0.05) is 18.2 Å². The SMILES string of the molecule is CCOC(=O)c1[nH]c(C)c(-c2ccc(C(=O)Nc3cccc(C#N)c3)cc2)c1C. The topological polar surface area (TPSA) is 95.0 Å². The molecular weight excluding hydrogens is 366 g/mol. The highest BCUT2D eigenvalue weighted by atomic mass is 16.5. The van der Waals surface area contributed by atoms with Crippen molar-refractivity contribution in [1.29, 1.82) is 5.26 Å². The maximum Gasteiger partial charge on any atom is 0.355 e. The van der Waals surface area contributed by atoms with Crippen molar-refractivity contribution in [3.05, 3.63) is 76.6 Å². The molecule has 1 aromatic heterocycles. The number of benzene rings is 2. The fraction of sp³-hybridized carbons (Fsp3) is 0.174. The van der Waals surface area contributed by atoms with Crippen LogP contribution in [0.2, 0.25) is 0 Å². The van der Waals surface area contributed by atoms with E-state index >= 15 is 0 Å². The van der Waals surface area contributed by atoms with Gasteiger partial charge < -0.3 is 15.0 Å². The first-order valence-corrected chi connectivity index (χ1v) is 9.22. The summed E-state index contributed by atoms with van der Waals surface area (Å²) in [6.07, 6.45) is 0. The standard InChI is InChI=1S/C23H21N3O3/c1-4-29-23(28)21-14(2)20(15(3)25-21)17-8-10-18(11-9-17)22(27)26-19-7-5-6-16(12-19)13-24/h5-12,25H,4H2,1-3H3,(H,26,27). The number of amides is 1. The summed E-state index contributed by atoms with van der Waals surface area (Å²) in [7, 11) is 0. The number of H-pyrrole nitrogens is 1. The number of nitrogens with one attached hydrogen (secondary N) is 2. The number of esters is 1. The van der Waals surface area contributed by atoms with Gasteiger partial charge in [-0.15, -0.1) is 0 Å². The highest BCUT2D eigenvalue weighted by Gasteiger charge is 2.19. The molecule has 0 saturated carbocycles. The second-order valence-electron chi connectivity index (χ2n) is 6.57. The van der Waals surface area contributed by atoms with Crippen LogP contribution in [0.15, 0.2) is 48.5 Å². The van der Waals surface area contributed by atoms with Gasteiger partial charge in [0.15, 0.2) is 0 Å². The highest BCUT2D eigenvalue weighted by molar-refractivity contribution is 6.04. The van der Waals surface area contributed by atoms with Gasteiger partial charge in [0, 0.05) is 22.5 Å². The summed E-state index contributed by atoms with van der Waals surface area (Å²) in [6.45, 7) is 5.85. The molecular formula is C23H21N3O3. The van der Waals surface area contributed by atoms with Gasteiger partial charge in [0.1, 0.15) is 5.69 Å². The molecule has 1 heterocycles. The number of carbonyl (C=O) groups is 2. The van der Waals surface area contributed by atoms with Crippen molar-refractivity contribution in [1.82, 2.24) is 4.98 Å². The summed E-state index contributed by atoms with van der Waals surface area (Å²) in [5, 5.41) is 11.8. The summed E-state index contributed by atoms with van der Waals surface area (Å²) in [4.78, 5) is 27.7. The number of rotatable bonds is 5. The summed E-state index contributed by atoms with van der Waals surface area (Å²) in [5.74, 6) is -0.642.